The van der Waals surface area contributed by atoms with Crippen LogP contribution in [0.5, 0.6) is 0 Å². The molecule has 1 unspecified atom stereocenters. The van der Waals surface area contributed by atoms with Gasteiger partial charge in [-0.2, -0.15) is 0 Å². The van der Waals surface area contributed by atoms with E-state index < -0.39 is 17.0 Å². The highest BCUT2D eigenvalue weighted by Gasteiger charge is 2.41. The fraction of sp³-hybridized carbons (Fsp3) is 0.611. The molecule has 0 aliphatic carbocycles. The summed E-state index contributed by atoms with van der Waals surface area (Å²) in [6.07, 6.45) is 2.12. The van der Waals surface area contributed by atoms with E-state index in [0.717, 1.165) is 25.9 Å². The number of carbonyl (C=O) groups is 1. The minimum atomic E-state index is -0.568. The van der Waals surface area contributed by atoms with Crippen LogP contribution in [0.4, 0.5) is 14.5 Å². The van der Waals surface area contributed by atoms with Crippen molar-refractivity contribution in [2.24, 2.45) is 5.41 Å². The molecule has 0 bridgehead atoms. The van der Waals surface area contributed by atoms with Crippen molar-refractivity contribution in [3.8, 4) is 0 Å². The largest absolute Gasteiger partial charge is 0.384 e. The van der Waals surface area contributed by atoms with E-state index in [-0.39, 0.29) is 17.6 Å². The molecule has 3 rings (SSSR count). The number of hydrogen-bond acceptors (Lipinski definition) is 4. The van der Waals surface area contributed by atoms with Crippen LogP contribution in [0.1, 0.15) is 19.3 Å². The number of methoxy groups -OCH3 is 1. The first-order valence-electron chi connectivity index (χ1n) is 8.75. The van der Waals surface area contributed by atoms with Crippen molar-refractivity contribution in [1.82, 2.24) is 10.6 Å². The number of ether oxygens (including phenoxy) is 1. The average molecular weight is 353 g/mol. The Morgan fingerprint density at radius 3 is 2.68 bits per heavy atom. The summed E-state index contributed by atoms with van der Waals surface area (Å²) in [7, 11) is 1.61. The van der Waals surface area contributed by atoms with E-state index in [1.165, 1.54) is 18.2 Å². The summed E-state index contributed by atoms with van der Waals surface area (Å²) in [5, 5.41) is 6.34. The van der Waals surface area contributed by atoms with Crippen molar-refractivity contribution in [2.45, 2.75) is 25.3 Å². The van der Waals surface area contributed by atoms with Gasteiger partial charge in [0.05, 0.1) is 12.0 Å². The lowest BCUT2D eigenvalue weighted by Gasteiger charge is -2.36. The molecule has 2 aliphatic heterocycles. The molecule has 1 amide bonds. The number of halogens is 2. The van der Waals surface area contributed by atoms with Gasteiger partial charge in [-0.25, -0.2) is 8.78 Å². The summed E-state index contributed by atoms with van der Waals surface area (Å²) in [5.74, 6) is -1.15. The Balaban J connectivity index is 1.65. The highest BCUT2D eigenvalue weighted by molar-refractivity contribution is 5.83. The van der Waals surface area contributed by atoms with Crippen LogP contribution in [-0.2, 0) is 9.53 Å². The Kier molecular flexibility index (Phi) is 5.54. The van der Waals surface area contributed by atoms with Gasteiger partial charge in [0, 0.05) is 26.2 Å². The first-order valence-corrected chi connectivity index (χ1v) is 8.75. The molecule has 5 nitrogen and oxygen atoms in total. The maximum atomic E-state index is 14.0. The summed E-state index contributed by atoms with van der Waals surface area (Å²) in [6, 6.07) is 3.75. The lowest BCUT2D eigenvalue weighted by atomic mass is 9.78. The molecular formula is C18H25F2N3O2. The van der Waals surface area contributed by atoms with Gasteiger partial charge in [0.15, 0.2) is 0 Å². The zero-order valence-electron chi connectivity index (χ0n) is 14.5. The molecule has 1 aromatic carbocycles. The molecule has 2 fully saturated rings. The summed E-state index contributed by atoms with van der Waals surface area (Å²) >= 11 is 0. The fourth-order valence-electron chi connectivity index (χ4n) is 3.83. The van der Waals surface area contributed by atoms with Gasteiger partial charge < -0.3 is 20.3 Å². The monoisotopic (exact) mass is 353 g/mol. The summed E-state index contributed by atoms with van der Waals surface area (Å²) in [6.45, 7) is 2.88. The summed E-state index contributed by atoms with van der Waals surface area (Å²) in [4.78, 5) is 14.5. The first-order chi connectivity index (χ1) is 12.1. The van der Waals surface area contributed by atoms with Crippen molar-refractivity contribution in [1.29, 1.82) is 0 Å². The summed E-state index contributed by atoms with van der Waals surface area (Å²) in [5.41, 5.74) is -0.524. The topological polar surface area (TPSA) is 53.6 Å². The highest BCUT2D eigenvalue weighted by atomic mass is 19.1. The second-order valence-corrected chi connectivity index (χ2v) is 6.94. The number of hydrogen-bond donors (Lipinski definition) is 2. The number of benzene rings is 1. The number of anilines is 1. The van der Waals surface area contributed by atoms with Crippen LogP contribution in [0.25, 0.3) is 0 Å². The standard InChI is InChI=1S/C18H25F2N3O2/c1-25-12-18(6-8-21-9-7-18)17(24)22-13-5-10-23(11-13)16-14(19)3-2-4-15(16)20/h2-4,13,21H,5-12H2,1H3,(H,22,24). The molecule has 25 heavy (non-hydrogen) atoms. The Bertz CT molecular complexity index is 595. The third-order valence-electron chi connectivity index (χ3n) is 5.24. The predicted molar refractivity (Wildman–Crippen MR) is 91.5 cm³/mol. The number of carbonyl (C=O) groups excluding carboxylic acids is 1. The van der Waals surface area contributed by atoms with E-state index >= 15 is 0 Å². The smallest absolute Gasteiger partial charge is 0.228 e. The van der Waals surface area contributed by atoms with Crippen molar-refractivity contribution < 1.29 is 18.3 Å². The molecule has 2 aliphatic rings. The molecular weight excluding hydrogens is 328 g/mol. The maximum absolute atomic E-state index is 14.0. The first kappa shape index (κ1) is 18.1. The van der Waals surface area contributed by atoms with Crippen molar-refractivity contribution >= 4 is 11.6 Å². The predicted octanol–water partition coefficient (Wildman–Crippen LogP) is 1.68. The number of nitrogens with one attached hydrogen (secondary N) is 2. The van der Waals surface area contributed by atoms with Gasteiger partial charge in [-0.3, -0.25) is 4.79 Å². The van der Waals surface area contributed by atoms with E-state index in [2.05, 4.69) is 10.6 Å². The number of rotatable bonds is 5. The number of amides is 1. The maximum Gasteiger partial charge on any atom is 0.228 e. The van der Waals surface area contributed by atoms with Gasteiger partial charge in [0.25, 0.3) is 0 Å². The van der Waals surface area contributed by atoms with Gasteiger partial charge in [-0.15, -0.1) is 0 Å². The van der Waals surface area contributed by atoms with Gasteiger partial charge in [-0.1, -0.05) is 6.07 Å². The molecule has 0 aromatic heterocycles. The second kappa shape index (κ2) is 7.66. The molecule has 0 saturated carbocycles. The van der Waals surface area contributed by atoms with E-state index in [0.29, 0.717) is 26.1 Å². The van der Waals surface area contributed by atoms with Gasteiger partial charge >= 0.3 is 0 Å². The molecule has 2 N–H and O–H groups in total. The van der Waals surface area contributed by atoms with Crippen LogP contribution in [-0.4, -0.2) is 51.8 Å². The molecule has 1 aromatic rings. The number of piperidine rings is 1. The molecule has 0 radical (unpaired) electrons. The second-order valence-electron chi connectivity index (χ2n) is 6.94. The lowest BCUT2D eigenvalue weighted by Crippen LogP contribution is -2.52. The zero-order valence-corrected chi connectivity index (χ0v) is 14.5. The van der Waals surface area contributed by atoms with E-state index in [1.807, 2.05) is 0 Å². The fourth-order valence-corrected chi connectivity index (χ4v) is 3.83. The van der Waals surface area contributed by atoms with Crippen LogP contribution in [0.2, 0.25) is 0 Å². The minimum Gasteiger partial charge on any atom is -0.384 e. The Morgan fingerprint density at radius 2 is 2.04 bits per heavy atom. The van der Waals surface area contributed by atoms with Crippen molar-refractivity contribution in [3.63, 3.8) is 0 Å². The number of para-hydroxylation sites is 1. The van der Waals surface area contributed by atoms with Crippen molar-refractivity contribution in [3.05, 3.63) is 29.8 Å². The summed E-state index contributed by atoms with van der Waals surface area (Å²) < 4.78 is 33.2. The van der Waals surface area contributed by atoms with Gasteiger partial charge in [0.2, 0.25) is 5.91 Å². The molecule has 1 atom stereocenters. The SMILES string of the molecule is COCC1(C(=O)NC2CCN(c3c(F)cccc3F)C2)CCNCC1. The Hall–Kier alpha value is -1.73. The molecule has 2 heterocycles. The van der Waals surface area contributed by atoms with Crippen LogP contribution in [0.15, 0.2) is 18.2 Å². The average Bonchev–Trinajstić information content (AvgIpc) is 3.04. The van der Waals surface area contributed by atoms with Crippen LogP contribution in [0, 0.1) is 17.0 Å². The normalized spacial score (nSPS) is 22.8. The van der Waals surface area contributed by atoms with Gasteiger partial charge in [-0.05, 0) is 44.5 Å². The third-order valence-corrected chi connectivity index (χ3v) is 5.24. The molecule has 138 valence electrons. The van der Waals surface area contributed by atoms with Crippen molar-refractivity contribution in [2.75, 3.05) is 44.8 Å². The van der Waals surface area contributed by atoms with Crippen LogP contribution >= 0.6 is 0 Å². The molecule has 0 spiro atoms. The van der Waals surface area contributed by atoms with E-state index in [9.17, 15) is 13.6 Å². The molecule has 2 saturated heterocycles. The molecule has 7 heteroatoms. The quantitative estimate of drug-likeness (QED) is 0.846. The Labute approximate surface area is 146 Å². The lowest BCUT2D eigenvalue weighted by molar-refractivity contribution is -0.136. The van der Waals surface area contributed by atoms with Crippen LogP contribution in [0.3, 0.4) is 0 Å². The van der Waals surface area contributed by atoms with E-state index in [4.69, 9.17) is 4.74 Å². The Morgan fingerprint density at radius 1 is 1.36 bits per heavy atom. The third kappa shape index (κ3) is 3.77. The van der Waals surface area contributed by atoms with E-state index in [1.54, 1.807) is 12.0 Å². The number of nitrogens with zero attached hydrogens (tertiary/aromatic N) is 1. The van der Waals surface area contributed by atoms with Gasteiger partial charge in [0.1, 0.15) is 17.3 Å². The highest BCUT2D eigenvalue weighted by Crippen LogP contribution is 2.31. The van der Waals surface area contributed by atoms with Crippen LogP contribution < -0.4 is 15.5 Å². The minimum absolute atomic E-state index is 0.00674. The zero-order chi connectivity index (χ0) is 17.9.